The standard InChI is InChI=1S/C10H11F2NO4S/c1-6(13-18(16,17)5-10(14)15)7-2-3-8(11)9(12)4-7/h2-4,6,13H,5H2,1H3,(H,14,15). The summed E-state index contributed by atoms with van der Waals surface area (Å²) in [6.45, 7) is 1.39. The van der Waals surface area contributed by atoms with E-state index in [4.69, 9.17) is 5.11 Å². The fourth-order valence-corrected chi connectivity index (χ4v) is 2.41. The quantitative estimate of drug-likeness (QED) is 0.843. The van der Waals surface area contributed by atoms with Crippen molar-refractivity contribution in [3.8, 4) is 0 Å². The SMILES string of the molecule is CC(NS(=O)(=O)CC(=O)O)c1ccc(F)c(F)c1. The van der Waals surface area contributed by atoms with E-state index >= 15 is 0 Å². The number of hydrogen-bond donors (Lipinski definition) is 2. The van der Waals surface area contributed by atoms with Crippen LogP contribution in [0, 0.1) is 11.6 Å². The fraction of sp³-hybridized carbons (Fsp3) is 0.300. The number of sulfonamides is 1. The van der Waals surface area contributed by atoms with E-state index in [0.717, 1.165) is 12.1 Å². The smallest absolute Gasteiger partial charge is 0.320 e. The molecule has 0 saturated heterocycles. The van der Waals surface area contributed by atoms with Crippen molar-refractivity contribution in [2.75, 3.05) is 5.75 Å². The Morgan fingerprint density at radius 2 is 2.00 bits per heavy atom. The molecule has 8 heteroatoms. The van der Waals surface area contributed by atoms with Crippen LogP contribution in [0.1, 0.15) is 18.5 Å². The number of aliphatic carboxylic acids is 1. The Morgan fingerprint density at radius 1 is 1.39 bits per heavy atom. The molecule has 100 valence electrons. The van der Waals surface area contributed by atoms with Crippen LogP contribution in [0.15, 0.2) is 18.2 Å². The minimum absolute atomic E-state index is 0.197. The van der Waals surface area contributed by atoms with Gasteiger partial charge in [0, 0.05) is 6.04 Å². The Balaban J connectivity index is 2.85. The molecule has 1 aromatic rings. The molecule has 2 N–H and O–H groups in total. The first kappa shape index (κ1) is 14.5. The third-order valence-electron chi connectivity index (χ3n) is 2.11. The summed E-state index contributed by atoms with van der Waals surface area (Å²) in [5, 5.41) is 8.38. The minimum atomic E-state index is -4.02. The number of carboxylic acid groups (broad SMARTS) is 1. The highest BCUT2D eigenvalue weighted by atomic mass is 32.2. The topological polar surface area (TPSA) is 83.5 Å². The van der Waals surface area contributed by atoms with Crippen LogP contribution in [0.5, 0.6) is 0 Å². The second-order valence-electron chi connectivity index (χ2n) is 3.67. The van der Waals surface area contributed by atoms with E-state index in [1.165, 1.54) is 13.0 Å². The van der Waals surface area contributed by atoms with Gasteiger partial charge in [0.05, 0.1) is 0 Å². The van der Waals surface area contributed by atoms with Crippen molar-refractivity contribution in [1.29, 1.82) is 0 Å². The average molecular weight is 279 g/mol. The van der Waals surface area contributed by atoms with Crippen LogP contribution in [-0.2, 0) is 14.8 Å². The number of hydrogen-bond acceptors (Lipinski definition) is 3. The molecule has 0 fully saturated rings. The molecule has 0 radical (unpaired) electrons. The zero-order chi connectivity index (χ0) is 13.9. The number of rotatable bonds is 5. The van der Waals surface area contributed by atoms with E-state index in [9.17, 15) is 22.0 Å². The number of halogens is 2. The predicted octanol–water partition coefficient (Wildman–Crippen LogP) is 1.03. The van der Waals surface area contributed by atoms with Crippen molar-refractivity contribution in [1.82, 2.24) is 4.72 Å². The number of benzene rings is 1. The summed E-state index contributed by atoms with van der Waals surface area (Å²) < 4.78 is 50.3. The molecule has 0 amide bonds. The summed E-state index contributed by atoms with van der Waals surface area (Å²) in [4.78, 5) is 10.3. The highest BCUT2D eigenvalue weighted by Crippen LogP contribution is 2.16. The lowest BCUT2D eigenvalue weighted by Crippen LogP contribution is -2.32. The Kier molecular flexibility index (Phi) is 4.36. The van der Waals surface area contributed by atoms with Gasteiger partial charge in [-0.05, 0) is 24.6 Å². The van der Waals surface area contributed by atoms with Crippen molar-refractivity contribution in [3.63, 3.8) is 0 Å². The molecule has 1 rings (SSSR count). The number of nitrogens with one attached hydrogen (secondary N) is 1. The van der Waals surface area contributed by atoms with Gasteiger partial charge in [-0.2, -0.15) is 0 Å². The van der Waals surface area contributed by atoms with Crippen molar-refractivity contribution in [2.24, 2.45) is 0 Å². The van der Waals surface area contributed by atoms with E-state index in [0.29, 0.717) is 0 Å². The van der Waals surface area contributed by atoms with Crippen molar-refractivity contribution >= 4 is 16.0 Å². The molecule has 1 aromatic carbocycles. The van der Waals surface area contributed by atoms with Crippen LogP contribution in [0.25, 0.3) is 0 Å². The predicted molar refractivity (Wildman–Crippen MR) is 59.3 cm³/mol. The van der Waals surface area contributed by atoms with Gasteiger partial charge in [0.15, 0.2) is 17.4 Å². The Bertz CT molecular complexity index is 559. The zero-order valence-electron chi connectivity index (χ0n) is 9.35. The molecule has 1 atom stereocenters. The first-order valence-corrected chi connectivity index (χ1v) is 6.53. The molecule has 0 aliphatic rings. The lowest BCUT2D eigenvalue weighted by Gasteiger charge is -2.13. The summed E-state index contributed by atoms with van der Waals surface area (Å²) in [7, 11) is -4.02. The Hall–Kier alpha value is -1.54. The third-order valence-corrected chi connectivity index (χ3v) is 3.45. The maximum atomic E-state index is 12.9. The van der Waals surface area contributed by atoms with Gasteiger partial charge in [-0.1, -0.05) is 6.07 Å². The lowest BCUT2D eigenvalue weighted by atomic mass is 10.1. The minimum Gasteiger partial charge on any atom is -0.480 e. The molecule has 0 spiro atoms. The van der Waals surface area contributed by atoms with Crippen LogP contribution >= 0.6 is 0 Å². The molecule has 18 heavy (non-hydrogen) atoms. The molecule has 0 aromatic heterocycles. The van der Waals surface area contributed by atoms with E-state index < -0.39 is 39.4 Å². The molecular weight excluding hydrogens is 268 g/mol. The highest BCUT2D eigenvalue weighted by Gasteiger charge is 2.19. The summed E-state index contributed by atoms with van der Waals surface area (Å²) in [6.07, 6.45) is 0. The van der Waals surface area contributed by atoms with Gasteiger partial charge in [-0.15, -0.1) is 0 Å². The van der Waals surface area contributed by atoms with Gasteiger partial charge in [0.25, 0.3) is 0 Å². The number of carbonyl (C=O) groups is 1. The van der Waals surface area contributed by atoms with E-state index in [2.05, 4.69) is 4.72 Å². The third kappa shape index (κ3) is 4.04. The molecule has 5 nitrogen and oxygen atoms in total. The largest absolute Gasteiger partial charge is 0.480 e. The van der Waals surface area contributed by atoms with Gasteiger partial charge < -0.3 is 5.11 Å². The molecule has 0 bridgehead atoms. The van der Waals surface area contributed by atoms with E-state index in [-0.39, 0.29) is 5.56 Å². The monoisotopic (exact) mass is 279 g/mol. The fourth-order valence-electron chi connectivity index (χ4n) is 1.32. The molecule has 0 saturated carbocycles. The van der Waals surface area contributed by atoms with Crippen LogP contribution in [0.4, 0.5) is 8.78 Å². The highest BCUT2D eigenvalue weighted by molar-refractivity contribution is 7.90. The van der Waals surface area contributed by atoms with Gasteiger partial charge in [-0.3, -0.25) is 4.79 Å². The first-order valence-electron chi connectivity index (χ1n) is 4.88. The van der Waals surface area contributed by atoms with Crippen LogP contribution < -0.4 is 4.72 Å². The molecule has 0 heterocycles. The Labute approximate surface area is 102 Å². The molecular formula is C10H11F2NO4S. The van der Waals surface area contributed by atoms with Crippen LogP contribution in [0.3, 0.4) is 0 Å². The van der Waals surface area contributed by atoms with E-state index in [1.807, 2.05) is 0 Å². The lowest BCUT2D eigenvalue weighted by molar-refractivity contribution is -0.134. The van der Waals surface area contributed by atoms with Gasteiger partial charge in [0.1, 0.15) is 0 Å². The molecule has 0 aliphatic carbocycles. The maximum absolute atomic E-state index is 12.9. The first-order chi connectivity index (χ1) is 8.21. The average Bonchev–Trinajstić information content (AvgIpc) is 2.19. The maximum Gasteiger partial charge on any atom is 0.320 e. The summed E-state index contributed by atoms with van der Waals surface area (Å²) in [6, 6.07) is 2.08. The van der Waals surface area contributed by atoms with Crippen LogP contribution in [-0.4, -0.2) is 25.2 Å². The normalized spacial score (nSPS) is 13.3. The van der Waals surface area contributed by atoms with Crippen molar-refractivity contribution in [3.05, 3.63) is 35.4 Å². The molecule has 1 unspecified atom stereocenters. The van der Waals surface area contributed by atoms with Gasteiger partial charge in [-0.25, -0.2) is 21.9 Å². The van der Waals surface area contributed by atoms with Gasteiger partial charge in [0.2, 0.25) is 10.0 Å². The summed E-state index contributed by atoms with van der Waals surface area (Å²) >= 11 is 0. The number of carboxylic acids is 1. The second-order valence-corrected chi connectivity index (χ2v) is 5.42. The van der Waals surface area contributed by atoms with Crippen LogP contribution in [0.2, 0.25) is 0 Å². The Morgan fingerprint density at radius 3 is 2.50 bits per heavy atom. The zero-order valence-corrected chi connectivity index (χ0v) is 10.2. The van der Waals surface area contributed by atoms with Crippen molar-refractivity contribution in [2.45, 2.75) is 13.0 Å². The summed E-state index contributed by atoms with van der Waals surface area (Å²) in [5.41, 5.74) is 0.197. The van der Waals surface area contributed by atoms with E-state index in [1.54, 1.807) is 0 Å². The van der Waals surface area contributed by atoms with Gasteiger partial charge >= 0.3 is 5.97 Å². The second kappa shape index (κ2) is 5.40. The van der Waals surface area contributed by atoms with Crippen molar-refractivity contribution < 1.29 is 27.1 Å². The summed E-state index contributed by atoms with van der Waals surface area (Å²) in [5.74, 6) is -4.72. The molecule has 0 aliphatic heterocycles.